The van der Waals surface area contributed by atoms with E-state index < -0.39 is 5.91 Å². The quantitative estimate of drug-likeness (QED) is 0.667. The van der Waals surface area contributed by atoms with E-state index >= 15 is 0 Å². The molecule has 110 valence electrons. The van der Waals surface area contributed by atoms with Gasteiger partial charge < -0.3 is 20.5 Å². The summed E-state index contributed by atoms with van der Waals surface area (Å²) in [7, 11) is 1.67. The van der Waals surface area contributed by atoms with E-state index in [1.807, 2.05) is 12.1 Å². The van der Waals surface area contributed by atoms with Crippen LogP contribution in [0, 0.1) is 5.92 Å². The van der Waals surface area contributed by atoms with Crippen LogP contribution in [0.5, 0.6) is 5.75 Å². The Hall–Kier alpha value is -1.59. The molecule has 5 nitrogen and oxygen atoms in total. The molecule has 5 heteroatoms. The first-order chi connectivity index (χ1) is 9.70. The minimum absolute atomic E-state index is 0.0156. The number of hydrogen-bond donors (Lipinski definition) is 2. The van der Waals surface area contributed by atoms with Crippen molar-refractivity contribution < 1.29 is 14.3 Å². The summed E-state index contributed by atoms with van der Waals surface area (Å²) in [6, 6.07) is 8.50. The fraction of sp³-hybridized carbons (Fsp3) is 0.533. The highest BCUT2D eigenvalue weighted by molar-refractivity contribution is 5.74. The van der Waals surface area contributed by atoms with Gasteiger partial charge in [-0.2, -0.15) is 0 Å². The first kappa shape index (κ1) is 14.8. The van der Waals surface area contributed by atoms with Crippen LogP contribution < -0.4 is 15.8 Å². The second-order valence-corrected chi connectivity index (χ2v) is 5.06. The Balaban J connectivity index is 1.82. The van der Waals surface area contributed by atoms with Crippen molar-refractivity contribution in [2.75, 3.05) is 26.9 Å². The first-order valence-corrected chi connectivity index (χ1v) is 6.94. The zero-order valence-corrected chi connectivity index (χ0v) is 11.8. The van der Waals surface area contributed by atoms with Gasteiger partial charge >= 0.3 is 0 Å². The highest BCUT2D eigenvalue weighted by Crippen LogP contribution is 2.41. The van der Waals surface area contributed by atoms with Crippen LogP contribution in [-0.2, 0) is 9.53 Å². The maximum Gasteiger partial charge on any atom is 0.243 e. The van der Waals surface area contributed by atoms with Crippen LogP contribution >= 0.6 is 0 Å². The smallest absolute Gasteiger partial charge is 0.243 e. The van der Waals surface area contributed by atoms with Crippen LogP contribution in [0.15, 0.2) is 24.3 Å². The third-order valence-electron chi connectivity index (χ3n) is 3.42. The number of hydrogen-bond acceptors (Lipinski definition) is 4. The average Bonchev–Trinajstić information content (AvgIpc) is 3.27. The number of methoxy groups -OCH3 is 1. The van der Waals surface area contributed by atoms with E-state index in [-0.39, 0.29) is 6.61 Å². The minimum Gasteiger partial charge on any atom is -0.497 e. The molecule has 1 saturated carbocycles. The molecule has 3 N–H and O–H groups in total. The number of amides is 1. The normalized spacial score (nSPS) is 15.8. The fourth-order valence-electron chi connectivity index (χ4n) is 2.26. The third kappa shape index (κ3) is 4.51. The van der Waals surface area contributed by atoms with Gasteiger partial charge in [0.2, 0.25) is 5.91 Å². The number of ether oxygens (including phenoxy) is 2. The first-order valence-electron chi connectivity index (χ1n) is 6.94. The Morgan fingerprint density at radius 2 is 2.10 bits per heavy atom. The van der Waals surface area contributed by atoms with Gasteiger partial charge in [-0.3, -0.25) is 4.79 Å². The summed E-state index contributed by atoms with van der Waals surface area (Å²) in [5.74, 6) is 1.13. The summed E-state index contributed by atoms with van der Waals surface area (Å²) < 4.78 is 10.3. The molecule has 1 unspecified atom stereocenters. The maximum absolute atomic E-state index is 10.6. The lowest BCUT2D eigenvalue weighted by atomic mass is 10.0. The zero-order valence-electron chi connectivity index (χ0n) is 11.8. The van der Waals surface area contributed by atoms with E-state index in [9.17, 15) is 4.79 Å². The fourth-order valence-corrected chi connectivity index (χ4v) is 2.26. The molecule has 1 amide bonds. The zero-order chi connectivity index (χ0) is 14.4. The number of carbonyl (C=O) groups excluding carboxylic acids is 1. The Morgan fingerprint density at radius 1 is 1.40 bits per heavy atom. The van der Waals surface area contributed by atoms with Crippen LogP contribution in [0.2, 0.25) is 0 Å². The monoisotopic (exact) mass is 278 g/mol. The number of nitrogens with two attached hydrogens (primary N) is 1. The van der Waals surface area contributed by atoms with Gasteiger partial charge in [0.15, 0.2) is 0 Å². The highest BCUT2D eigenvalue weighted by Gasteiger charge is 2.31. The molecule has 20 heavy (non-hydrogen) atoms. The molecule has 0 bridgehead atoms. The lowest BCUT2D eigenvalue weighted by Crippen LogP contribution is -2.28. The molecule has 1 aliphatic carbocycles. The van der Waals surface area contributed by atoms with Gasteiger partial charge in [-0.15, -0.1) is 0 Å². The predicted octanol–water partition coefficient (Wildman–Crippen LogP) is 1.24. The summed E-state index contributed by atoms with van der Waals surface area (Å²) in [6.07, 6.45) is 2.51. The Labute approximate surface area is 119 Å². The van der Waals surface area contributed by atoms with E-state index in [2.05, 4.69) is 17.4 Å². The van der Waals surface area contributed by atoms with Crippen molar-refractivity contribution in [3.63, 3.8) is 0 Å². The lowest BCUT2D eigenvalue weighted by Gasteiger charge is -2.19. The van der Waals surface area contributed by atoms with Gasteiger partial charge in [-0.05, 0) is 36.5 Å². The van der Waals surface area contributed by atoms with E-state index in [0.717, 1.165) is 5.75 Å². The molecule has 0 aromatic heterocycles. The van der Waals surface area contributed by atoms with E-state index in [4.69, 9.17) is 15.2 Å². The van der Waals surface area contributed by atoms with E-state index in [1.165, 1.54) is 18.4 Å². The summed E-state index contributed by atoms with van der Waals surface area (Å²) in [4.78, 5) is 10.6. The van der Waals surface area contributed by atoms with Crippen LogP contribution in [-0.4, -0.2) is 32.8 Å². The number of carbonyl (C=O) groups is 1. The SMILES string of the molecule is COc1ccc(C(NCCOCC(N)=O)C2CC2)cc1. The molecule has 1 atom stereocenters. The average molecular weight is 278 g/mol. The molecule has 0 saturated heterocycles. The van der Waals surface area contributed by atoms with Crippen molar-refractivity contribution in [2.45, 2.75) is 18.9 Å². The van der Waals surface area contributed by atoms with Crippen molar-refractivity contribution in [1.82, 2.24) is 5.32 Å². The van der Waals surface area contributed by atoms with Crippen LogP contribution in [0.4, 0.5) is 0 Å². The molecule has 0 aliphatic heterocycles. The number of nitrogens with one attached hydrogen (secondary N) is 1. The largest absolute Gasteiger partial charge is 0.497 e. The number of benzene rings is 1. The minimum atomic E-state index is -0.432. The topological polar surface area (TPSA) is 73.6 Å². The summed E-state index contributed by atoms with van der Waals surface area (Å²) in [5.41, 5.74) is 6.28. The Bertz CT molecular complexity index is 429. The Morgan fingerprint density at radius 3 is 2.65 bits per heavy atom. The van der Waals surface area contributed by atoms with Gasteiger partial charge in [0.05, 0.1) is 13.7 Å². The summed E-state index contributed by atoms with van der Waals surface area (Å²) in [5, 5.41) is 3.49. The van der Waals surface area contributed by atoms with Crippen molar-refractivity contribution in [3.8, 4) is 5.75 Å². The van der Waals surface area contributed by atoms with Crippen LogP contribution in [0.25, 0.3) is 0 Å². The molecule has 0 radical (unpaired) electrons. The van der Waals surface area contributed by atoms with Crippen molar-refractivity contribution >= 4 is 5.91 Å². The Kier molecular flexibility index (Phi) is 5.38. The molecular formula is C15H22N2O3. The molecular weight excluding hydrogens is 256 g/mol. The van der Waals surface area contributed by atoms with Gasteiger partial charge in [-0.25, -0.2) is 0 Å². The lowest BCUT2D eigenvalue weighted by molar-refractivity contribution is -0.122. The van der Waals surface area contributed by atoms with Gasteiger partial charge in [0.1, 0.15) is 12.4 Å². The molecule has 1 aromatic rings. The van der Waals surface area contributed by atoms with Crippen molar-refractivity contribution in [3.05, 3.63) is 29.8 Å². The van der Waals surface area contributed by atoms with Gasteiger partial charge in [-0.1, -0.05) is 12.1 Å². The second-order valence-electron chi connectivity index (χ2n) is 5.06. The van der Waals surface area contributed by atoms with Crippen LogP contribution in [0.1, 0.15) is 24.4 Å². The molecule has 1 fully saturated rings. The van der Waals surface area contributed by atoms with E-state index in [1.54, 1.807) is 7.11 Å². The molecule has 0 spiro atoms. The standard InChI is InChI=1S/C15H22N2O3/c1-19-13-6-4-12(5-7-13)15(11-2-3-11)17-8-9-20-10-14(16)18/h4-7,11,15,17H,2-3,8-10H2,1H3,(H2,16,18). The summed E-state index contributed by atoms with van der Waals surface area (Å²) >= 11 is 0. The van der Waals surface area contributed by atoms with Gasteiger partial charge in [0.25, 0.3) is 0 Å². The molecule has 1 aromatic carbocycles. The second kappa shape index (κ2) is 7.26. The van der Waals surface area contributed by atoms with Crippen LogP contribution in [0.3, 0.4) is 0 Å². The molecule has 0 heterocycles. The maximum atomic E-state index is 10.6. The van der Waals surface area contributed by atoms with E-state index in [0.29, 0.717) is 25.1 Å². The highest BCUT2D eigenvalue weighted by atomic mass is 16.5. The van der Waals surface area contributed by atoms with Gasteiger partial charge in [0, 0.05) is 12.6 Å². The van der Waals surface area contributed by atoms with Crippen molar-refractivity contribution in [2.24, 2.45) is 11.7 Å². The molecule has 2 rings (SSSR count). The predicted molar refractivity (Wildman–Crippen MR) is 76.5 cm³/mol. The molecule has 1 aliphatic rings. The number of primary amides is 1. The summed E-state index contributed by atoms with van der Waals surface area (Å²) in [6.45, 7) is 1.18. The number of rotatable bonds is 9. The van der Waals surface area contributed by atoms with Crippen molar-refractivity contribution in [1.29, 1.82) is 0 Å². The third-order valence-corrected chi connectivity index (χ3v) is 3.42.